The topological polar surface area (TPSA) is 70.7 Å². The zero-order valence-corrected chi connectivity index (χ0v) is 16.5. The van der Waals surface area contributed by atoms with Crippen molar-refractivity contribution in [3.8, 4) is 5.75 Å². The molecule has 2 aromatic carbocycles. The van der Waals surface area contributed by atoms with Gasteiger partial charge < -0.3 is 20.3 Å². The van der Waals surface area contributed by atoms with Gasteiger partial charge in [0, 0.05) is 25.3 Å². The summed E-state index contributed by atoms with van der Waals surface area (Å²) >= 11 is 0. The van der Waals surface area contributed by atoms with Crippen LogP contribution in [0.1, 0.15) is 29.5 Å². The van der Waals surface area contributed by atoms with Gasteiger partial charge in [-0.1, -0.05) is 24.3 Å². The highest BCUT2D eigenvalue weighted by atomic mass is 16.5. The van der Waals surface area contributed by atoms with E-state index >= 15 is 0 Å². The van der Waals surface area contributed by atoms with E-state index in [0.717, 1.165) is 54.1 Å². The maximum absolute atomic E-state index is 12.2. The predicted molar refractivity (Wildman–Crippen MR) is 110 cm³/mol. The van der Waals surface area contributed by atoms with Crippen LogP contribution < -0.4 is 15.4 Å². The van der Waals surface area contributed by atoms with Crippen LogP contribution in [0.3, 0.4) is 0 Å². The zero-order chi connectivity index (χ0) is 19.9. The van der Waals surface area contributed by atoms with E-state index in [0.29, 0.717) is 6.54 Å². The fraction of sp³-hybridized carbons (Fsp3) is 0.364. The van der Waals surface area contributed by atoms with Gasteiger partial charge in [0.15, 0.2) is 6.61 Å². The van der Waals surface area contributed by atoms with Crippen LogP contribution in [-0.4, -0.2) is 36.5 Å². The number of urea groups is 1. The van der Waals surface area contributed by atoms with Gasteiger partial charge in [0.25, 0.3) is 5.91 Å². The normalized spacial score (nSPS) is 13.3. The van der Waals surface area contributed by atoms with Crippen molar-refractivity contribution in [2.24, 2.45) is 0 Å². The van der Waals surface area contributed by atoms with Gasteiger partial charge in [-0.25, -0.2) is 4.79 Å². The van der Waals surface area contributed by atoms with E-state index < -0.39 is 0 Å². The maximum atomic E-state index is 12.2. The number of carbonyl (C=O) groups excluding carboxylic acids is 2. The van der Waals surface area contributed by atoms with Gasteiger partial charge in [-0.3, -0.25) is 4.79 Å². The van der Waals surface area contributed by atoms with Crippen molar-refractivity contribution in [3.63, 3.8) is 0 Å². The molecule has 6 heteroatoms. The number of ether oxygens (including phenoxy) is 1. The second-order valence-corrected chi connectivity index (χ2v) is 7.16. The fourth-order valence-corrected chi connectivity index (χ4v) is 3.14. The summed E-state index contributed by atoms with van der Waals surface area (Å²) in [5.74, 6) is 0.536. The number of likely N-dealkylation sites (tertiary alicyclic amines) is 1. The molecule has 0 bridgehead atoms. The Balaban J connectivity index is 1.48. The van der Waals surface area contributed by atoms with Crippen molar-refractivity contribution in [1.29, 1.82) is 0 Å². The quantitative estimate of drug-likeness (QED) is 0.803. The Kier molecular flexibility index (Phi) is 6.53. The van der Waals surface area contributed by atoms with Crippen LogP contribution >= 0.6 is 0 Å². The number of anilines is 1. The fourth-order valence-electron chi connectivity index (χ4n) is 3.14. The molecule has 2 N–H and O–H groups in total. The number of rotatable bonds is 6. The summed E-state index contributed by atoms with van der Waals surface area (Å²) in [6.07, 6.45) is 2.12. The first kappa shape index (κ1) is 19.7. The molecule has 3 amide bonds. The third-order valence-corrected chi connectivity index (χ3v) is 4.76. The lowest BCUT2D eigenvalue weighted by atomic mass is 10.1. The van der Waals surface area contributed by atoms with Gasteiger partial charge in [0.2, 0.25) is 0 Å². The third kappa shape index (κ3) is 5.49. The van der Waals surface area contributed by atoms with Crippen LogP contribution in [0.15, 0.2) is 42.5 Å². The largest absolute Gasteiger partial charge is 0.483 e. The lowest BCUT2D eigenvalue weighted by Gasteiger charge is -2.16. The van der Waals surface area contributed by atoms with E-state index in [1.807, 2.05) is 61.2 Å². The van der Waals surface area contributed by atoms with Crippen LogP contribution in [0.2, 0.25) is 0 Å². The summed E-state index contributed by atoms with van der Waals surface area (Å²) < 4.78 is 5.63. The van der Waals surface area contributed by atoms with Crippen LogP contribution in [0.4, 0.5) is 10.5 Å². The minimum atomic E-state index is -0.188. The summed E-state index contributed by atoms with van der Waals surface area (Å²) in [7, 11) is 0. The van der Waals surface area contributed by atoms with Crippen molar-refractivity contribution in [2.45, 2.75) is 33.2 Å². The van der Waals surface area contributed by atoms with Gasteiger partial charge in [-0.05, 0) is 61.6 Å². The molecule has 2 aromatic rings. The first-order chi connectivity index (χ1) is 13.5. The van der Waals surface area contributed by atoms with Crippen molar-refractivity contribution in [1.82, 2.24) is 10.2 Å². The Bertz CT molecular complexity index is 845. The molecule has 0 aromatic heterocycles. The van der Waals surface area contributed by atoms with E-state index in [2.05, 4.69) is 10.6 Å². The molecule has 0 atom stereocenters. The number of benzene rings is 2. The molecule has 1 heterocycles. The number of nitrogens with one attached hydrogen (secondary N) is 2. The third-order valence-electron chi connectivity index (χ3n) is 4.76. The predicted octanol–water partition coefficient (Wildman–Crippen LogP) is 3.63. The molecule has 3 rings (SSSR count). The Morgan fingerprint density at radius 3 is 2.64 bits per heavy atom. The molecule has 0 aliphatic carbocycles. The van der Waals surface area contributed by atoms with E-state index in [9.17, 15) is 9.59 Å². The minimum absolute atomic E-state index is 0.0321. The first-order valence-electron chi connectivity index (χ1n) is 9.63. The second kappa shape index (κ2) is 9.26. The average Bonchev–Trinajstić information content (AvgIpc) is 3.22. The number of hydrogen-bond donors (Lipinski definition) is 2. The summed E-state index contributed by atoms with van der Waals surface area (Å²) in [6.45, 7) is 5.90. The molecule has 0 spiro atoms. The molecule has 1 aliphatic heterocycles. The Morgan fingerprint density at radius 2 is 1.86 bits per heavy atom. The van der Waals surface area contributed by atoms with E-state index in [4.69, 9.17) is 4.74 Å². The summed E-state index contributed by atoms with van der Waals surface area (Å²) in [5, 5.41) is 5.77. The maximum Gasteiger partial charge on any atom is 0.321 e. The lowest BCUT2D eigenvalue weighted by molar-refractivity contribution is -0.123. The van der Waals surface area contributed by atoms with E-state index in [1.54, 1.807) is 0 Å². The SMILES string of the molecule is Cc1ccc(C)c(OCC(=O)NCc2cccc(NC(=O)N3CCCC3)c2)c1. The standard InChI is InChI=1S/C22H27N3O3/c1-16-8-9-17(2)20(12-16)28-15-21(26)23-14-18-6-5-7-19(13-18)24-22(27)25-10-3-4-11-25/h5-9,12-13H,3-4,10-11,14-15H2,1-2H3,(H,23,26)(H,24,27). The van der Waals surface area contributed by atoms with Crippen LogP contribution in [0, 0.1) is 13.8 Å². The highest BCUT2D eigenvalue weighted by Gasteiger charge is 2.17. The Hall–Kier alpha value is -3.02. The molecule has 0 radical (unpaired) electrons. The highest BCUT2D eigenvalue weighted by Crippen LogP contribution is 2.19. The van der Waals surface area contributed by atoms with Gasteiger partial charge in [-0.15, -0.1) is 0 Å². The number of amides is 3. The molecule has 0 saturated carbocycles. The first-order valence-corrected chi connectivity index (χ1v) is 9.63. The summed E-state index contributed by atoms with van der Waals surface area (Å²) in [6, 6.07) is 13.4. The molecule has 1 fully saturated rings. The van der Waals surface area contributed by atoms with Crippen LogP contribution in [0.25, 0.3) is 0 Å². The zero-order valence-electron chi connectivity index (χ0n) is 16.5. The number of hydrogen-bond acceptors (Lipinski definition) is 3. The van der Waals surface area contributed by atoms with Crippen molar-refractivity contribution in [3.05, 3.63) is 59.2 Å². The van der Waals surface area contributed by atoms with Crippen LogP contribution in [0.5, 0.6) is 5.75 Å². The number of aryl methyl sites for hydroxylation is 2. The highest BCUT2D eigenvalue weighted by molar-refractivity contribution is 5.89. The molecule has 148 valence electrons. The van der Waals surface area contributed by atoms with Gasteiger partial charge in [0.1, 0.15) is 5.75 Å². The van der Waals surface area contributed by atoms with Crippen molar-refractivity contribution < 1.29 is 14.3 Å². The average molecular weight is 381 g/mol. The molecule has 1 saturated heterocycles. The molecular weight excluding hydrogens is 354 g/mol. The smallest absolute Gasteiger partial charge is 0.321 e. The second-order valence-electron chi connectivity index (χ2n) is 7.16. The van der Waals surface area contributed by atoms with Crippen LogP contribution in [-0.2, 0) is 11.3 Å². The monoisotopic (exact) mass is 381 g/mol. The van der Waals surface area contributed by atoms with Gasteiger partial charge in [0.05, 0.1) is 0 Å². The van der Waals surface area contributed by atoms with E-state index in [-0.39, 0.29) is 18.5 Å². The molecule has 6 nitrogen and oxygen atoms in total. The Morgan fingerprint density at radius 1 is 1.07 bits per heavy atom. The lowest BCUT2D eigenvalue weighted by Crippen LogP contribution is -2.32. The molecule has 1 aliphatic rings. The van der Waals surface area contributed by atoms with Crippen molar-refractivity contribution in [2.75, 3.05) is 25.0 Å². The van der Waals surface area contributed by atoms with Gasteiger partial charge in [-0.2, -0.15) is 0 Å². The molecule has 0 unspecified atom stereocenters. The van der Waals surface area contributed by atoms with Gasteiger partial charge >= 0.3 is 6.03 Å². The number of carbonyl (C=O) groups is 2. The van der Waals surface area contributed by atoms with Crippen molar-refractivity contribution >= 4 is 17.6 Å². The molecular formula is C22H27N3O3. The summed E-state index contributed by atoms with van der Waals surface area (Å²) in [5.41, 5.74) is 3.74. The minimum Gasteiger partial charge on any atom is -0.483 e. The summed E-state index contributed by atoms with van der Waals surface area (Å²) in [4.78, 5) is 26.1. The number of nitrogens with zero attached hydrogens (tertiary/aromatic N) is 1. The van der Waals surface area contributed by atoms with E-state index in [1.165, 1.54) is 0 Å². The Labute approximate surface area is 165 Å². The molecule has 28 heavy (non-hydrogen) atoms.